The van der Waals surface area contributed by atoms with E-state index in [-0.39, 0.29) is 5.41 Å². The highest BCUT2D eigenvalue weighted by Crippen LogP contribution is 2.42. The molecule has 0 atom stereocenters. The Balaban J connectivity index is 1.21. The van der Waals surface area contributed by atoms with Crippen LogP contribution < -0.4 is 0 Å². The van der Waals surface area contributed by atoms with Crippen LogP contribution in [0.15, 0.2) is 156 Å². The summed E-state index contributed by atoms with van der Waals surface area (Å²) in [6, 6.07) is 55.1. The number of benzene rings is 7. The number of furan rings is 1. The molecule has 0 bridgehead atoms. The van der Waals surface area contributed by atoms with Gasteiger partial charge in [0.1, 0.15) is 11.2 Å². The summed E-state index contributed by atoms with van der Waals surface area (Å²) in [5, 5.41) is 7.30. The summed E-state index contributed by atoms with van der Waals surface area (Å²) in [6.45, 7) is 6.86. The van der Waals surface area contributed by atoms with Crippen molar-refractivity contribution in [2.45, 2.75) is 26.2 Å². The first-order chi connectivity index (χ1) is 23.9. The number of hydrogen-bond acceptors (Lipinski definition) is 1. The number of para-hydroxylation sites is 4. The van der Waals surface area contributed by atoms with Crippen molar-refractivity contribution >= 4 is 65.6 Å². The van der Waals surface area contributed by atoms with E-state index in [0.717, 1.165) is 27.6 Å². The average molecular weight is 631 g/mol. The molecule has 0 aliphatic rings. The third-order valence-corrected chi connectivity index (χ3v) is 10.2. The lowest BCUT2D eigenvalue weighted by atomic mass is 9.81. The van der Waals surface area contributed by atoms with Crippen molar-refractivity contribution in [3.63, 3.8) is 0 Å². The molecular weight excluding hydrogens is 597 g/mol. The minimum atomic E-state index is -0.0696. The molecule has 7 aromatic carbocycles. The lowest BCUT2D eigenvalue weighted by Gasteiger charge is -2.23. The molecule has 49 heavy (non-hydrogen) atoms. The molecule has 0 fully saturated rings. The van der Waals surface area contributed by atoms with Crippen molar-refractivity contribution in [2.75, 3.05) is 0 Å². The van der Waals surface area contributed by atoms with Crippen LogP contribution in [0.25, 0.3) is 88.1 Å². The molecule has 0 spiro atoms. The van der Waals surface area contributed by atoms with Crippen LogP contribution in [0.1, 0.15) is 26.3 Å². The predicted molar refractivity (Wildman–Crippen MR) is 207 cm³/mol. The largest absolute Gasteiger partial charge is 0.456 e. The van der Waals surface area contributed by atoms with Crippen LogP contribution in [0.4, 0.5) is 0 Å². The van der Waals surface area contributed by atoms with Crippen LogP contribution in [-0.2, 0) is 5.41 Å². The number of hydrogen-bond donors (Lipinski definition) is 0. The Labute approximate surface area is 284 Å². The fourth-order valence-electron chi connectivity index (χ4n) is 8.00. The van der Waals surface area contributed by atoms with Crippen LogP contribution in [0.5, 0.6) is 0 Å². The van der Waals surface area contributed by atoms with Gasteiger partial charge >= 0.3 is 0 Å². The number of rotatable bonds is 3. The Bertz CT molecular complexity index is 2910. The smallest absolute Gasteiger partial charge is 0.135 e. The van der Waals surface area contributed by atoms with Crippen molar-refractivity contribution < 1.29 is 4.42 Å². The summed E-state index contributed by atoms with van der Waals surface area (Å²) in [4.78, 5) is 0. The summed E-state index contributed by atoms with van der Waals surface area (Å²) >= 11 is 0. The van der Waals surface area contributed by atoms with Crippen molar-refractivity contribution in [1.29, 1.82) is 0 Å². The first-order valence-electron chi connectivity index (χ1n) is 17.0. The minimum Gasteiger partial charge on any atom is -0.456 e. The lowest BCUT2D eigenvalue weighted by Crippen LogP contribution is -2.12. The van der Waals surface area contributed by atoms with Crippen LogP contribution in [0.2, 0.25) is 0 Å². The highest BCUT2D eigenvalue weighted by atomic mass is 16.3. The molecule has 0 N–H and O–H groups in total. The third kappa shape index (κ3) is 4.15. The summed E-state index contributed by atoms with van der Waals surface area (Å²) in [5.74, 6) is 0. The van der Waals surface area contributed by atoms with E-state index in [0.29, 0.717) is 0 Å². The minimum absolute atomic E-state index is 0.0696. The summed E-state index contributed by atoms with van der Waals surface area (Å²) in [5.41, 5.74) is 12.7. The SMILES string of the molecule is CC(C)(C)c1cc2oc3ccccc3c2cc1-c1ccc2c(c1)c1ccccc1n2-c1ccc2c(c1)c1ccccc1n2-c1ccccc1. The van der Waals surface area contributed by atoms with E-state index >= 15 is 0 Å². The van der Waals surface area contributed by atoms with Gasteiger partial charge in [-0.2, -0.15) is 0 Å². The summed E-state index contributed by atoms with van der Waals surface area (Å²) in [7, 11) is 0. The van der Waals surface area contributed by atoms with Gasteiger partial charge in [-0.3, -0.25) is 0 Å². The Morgan fingerprint density at radius 1 is 0.408 bits per heavy atom. The normalized spacial score (nSPS) is 12.4. The highest BCUT2D eigenvalue weighted by Gasteiger charge is 2.23. The number of aromatic nitrogens is 2. The van der Waals surface area contributed by atoms with Crippen LogP contribution in [0, 0.1) is 0 Å². The zero-order valence-electron chi connectivity index (χ0n) is 27.7. The van der Waals surface area contributed by atoms with Crippen molar-refractivity contribution in [3.8, 4) is 22.5 Å². The molecule has 3 nitrogen and oxygen atoms in total. The topological polar surface area (TPSA) is 23.0 Å². The maximum absolute atomic E-state index is 6.34. The van der Waals surface area contributed by atoms with Gasteiger partial charge in [0.2, 0.25) is 0 Å². The number of fused-ring (bicyclic) bond motifs is 9. The molecule has 3 heterocycles. The number of nitrogens with zero attached hydrogens (tertiary/aromatic N) is 2. The van der Waals surface area contributed by atoms with Crippen LogP contribution in [0.3, 0.4) is 0 Å². The van der Waals surface area contributed by atoms with Gasteiger partial charge in [-0.25, -0.2) is 0 Å². The molecule has 0 radical (unpaired) electrons. The van der Waals surface area contributed by atoms with E-state index in [4.69, 9.17) is 4.42 Å². The van der Waals surface area contributed by atoms with Gasteiger partial charge in [0, 0.05) is 43.7 Å². The molecule has 3 heteroatoms. The molecule has 234 valence electrons. The van der Waals surface area contributed by atoms with Gasteiger partial charge in [-0.15, -0.1) is 0 Å². The fourth-order valence-corrected chi connectivity index (χ4v) is 8.00. The average Bonchev–Trinajstić information content (AvgIpc) is 3.78. The van der Waals surface area contributed by atoms with Crippen molar-refractivity contribution in [1.82, 2.24) is 9.13 Å². The second-order valence-corrected chi connectivity index (χ2v) is 14.2. The molecular formula is C46H34N2O. The summed E-state index contributed by atoms with van der Waals surface area (Å²) < 4.78 is 11.1. The molecule has 3 aromatic heterocycles. The van der Waals surface area contributed by atoms with Crippen molar-refractivity contribution in [3.05, 3.63) is 157 Å². The molecule has 0 saturated heterocycles. The molecule has 0 aliphatic heterocycles. The zero-order chi connectivity index (χ0) is 32.9. The zero-order valence-corrected chi connectivity index (χ0v) is 27.7. The van der Waals surface area contributed by atoms with Crippen LogP contribution >= 0.6 is 0 Å². The molecule has 0 unspecified atom stereocenters. The summed E-state index contributed by atoms with van der Waals surface area (Å²) in [6.07, 6.45) is 0. The van der Waals surface area contributed by atoms with Crippen molar-refractivity contribution in [2.24, 2.45) is 0 Å². The maximum Gasteiger partial charge on any atom is 0.135 e. The fraction of sp³-hybridized carbons (Fsp3) is 0.0870. The molecule has 0 amide bonds. The Morgan fingerprint density at radius 3 is 1.69 bits per heavy atom. The van der Waals surface area contributed by atoms with Crippen LogP contribution in [-0.4, -0.2) is 9.13 Å². The van der Waals surface area contributed by atoms with Gasteiger partial charge in [-0.05, 0) is 94.9 Å². The maximum atomic E-state index is 6.34. The highest BCUT2D eigenvalue weighted by molar-refractivity contribution is 6.13. The van der Waals surface area contributed by atoms with Gasteiger partial charge in [0.15, 0.2) is 0 Å². The van der Waals surface area contributed by atoms with E-state index < -0.39 is 0 Å². The Morgan fingerprint density at radius 2 is 0.980 bits per heavy atom. The molecule has 0 aliphatic carbocycles. The van der Waals surface area contributed by atoms with Gasteiger partial charge in [0.25, 0.3) is 0 Å². The van der Waals surface area contributed by atoms with E-state index in [1.807, 2.05) is 6.07 Å². The quantitative estimate of drug-likeness (QED) is 0.190. The van der Waals surface area contributed by atoms with Gasteiger partial charge in [-0.1, -0.05) is 99.6 Å². The standard InChI is InChI=1S/C46H34N2O/c1-46(2,3)39-28-45-38(34-17-9-12-20-44(34)49-45)27-35(39)29-21-23-42-36(25-29)32-15-7-11-19-41(32)48(42)31-22-24-43-37(26-31)33-16-8-10-18-40(33)47(43)30-13-5-4-6-14-30/h4-28H,1-3H3. The lowest BCUT2D eigenvalue weighted by molar-refractivity contribution is 0.589. The van der Waals surface area contributed by atoms with E-state index in [1.165, 1.54) is 66.0 Å². The van der Waals surface area contributed by atoms with Gasteiger partial charge in [0.05, 0.1) is 22.1 Å². The van der Waals surface area contributed by atoms with Gasteiger partial charge < -0.3 is 13.6 Å². The first-order valence-corrected chi connectivity index (χ1v) is 17.0. The molecule has 10 rings (SSSR count). The second-order valence-electron chi connectivity index (χ2n) is 14.2. The second kappa shape index (κ2) is 10.2. The molecule has 0 saturated carbocycles. The van der Waals surface area contributed by atoms with E-state index in [9.17, 15) is 0 Å². The monoisotopic (exact) mass is 630 g/mol. The third-order valence-electron chi connectivity index (χ3n) is 10.2. The van der Waals surface area contributed by atoms with E-state index in [2.05, 4.69) is 175 Å². The predicted octanol–water partition coefficient (Wildman–Crippen LogP) is 12.7. The Kier molecular flexibility index (Phi) is 5.84. The first kappa shape index (κ1) is 28.0. The van der Waals surface area contributed by atoms with E-state index in [1.54, 1.807) is 0 Å². The molecule has 10 aromatic rings. The Hall–Kier alpha value is -6.06.